The Hall–Kier alpha value is -2.95. The van der Waals surface area contributed by atoms with Gasteiger partial charge in [0.1, 0.15) is 0 Å². The molecule has 0 fully saturated rings. The van der Waals surface area contributed by atoms with E-state index in [0.717, 1.165) is 38.1 Å². The Morgan fingerprint density at radius 1 is 0.852 bits per heavy atom. The molecule has 0 aliphatic heterocycles. The normalized spacial score (nSPS) is 11.0. The van der Waals surface area contributed by atoms with E-state index >= 15 is 0 Å². The molecule has 132 valence electrons. The summed E-state index contributed by atoms with van der Waals surface area (Å²) < 4.78 is 0. The highest BCUT2D eigenvalue weighted by molar-refractivity contribution is 7.14. The van der Waals surface area contributed by atoms with Crippen molar-refractivity contribution in [1.29, 1.82) is 0 Å². The molecular formula is C22H16ClN3S. The molecule has 4 rings (SSSR count). The quantitative estimate of drug-likeness (QED) is 0.309. The van der Waals surface area contributed by atoms with Gasteiger partial charge in [0.05, 0.1) is 11.9 Å². The number of rotatable bonds is 5. The topological polar surface area (TPSA) is 37.3 Å². The standard InChI is InChI=1S/C22H16ClN3S/c23-20-9-5-4-8-19(20)17-12-10-16(11-13-17)14-24-26-22-25-21(15-27-22)18-6-2-1-3-7-18/h1-15H,(H,25,26). The third-order valence-electron chi connectivity index (χ3n) is 4.04. The lowest BCUT2D eigenvalue weighted by Crippen LogP contribution is -1.90. The number of nitrogens with zero attached hydrogens (tertiary/aromatic N) is 2. The van der Waals surface area contributed by atoms with Gasteiger partial charge in [0.2, 0.25) is 5.13 Å². The van der Waals surface area contributed by atoms with Crippen LogP contribution in [0.3, 0.4) is 0 Å². The van der Waals surface area contributed by atoms with Crippen LogP contribution in [0.25, 0.3) is 22.4 Å². The lowest BCUT2D eigenvalue weighted by Gasteiger charge is -2.04. The summed E-state index contributed by atoms with van der Waals surface area (Å²) in [5, 5.41) is 7.82. The van der Waals surface area contributed by atoms with Crippen LogP contribution in [0, 0.1) is 0 Å². The van der Waals surface area contributed by atoms with E-state index in [4.69, 9.17) is 11.6 Å². The van der Waals surface area contributed by atoms with E-state index in [0.29, 0.717) is 0 Å². The van der Waals surface area contributed by atoms with Crippen molar-refractivity contribution in [2.75, 3.05) is 5.43 Å². The number of hydrogen-bond acceptors (Lipinski definition) is 4. The van der Waals surface area contributed by atoms with E-state index in [1.807, 2.05) is 84.2 Å². The third-order valence-corrected chi connectivity index (χ3v) is 5.12. The number of nitrogens with one attached hydrogen (secondary N) is 1. The van der Waals surface area contributed by atoms with Crippen molar-refractivity contribution >= 4 is 34.3 Å². The van der Waals surface area contributed by atoms with Crippen LogP contribution in [0.1, 0.15) is 5.56 Å². The molecule has 4 aromatic rings. The molecule has 0 bridgehead atoms. The van der Waals surface area contributed by atoms with Crippen LogP contribution in [0.5, 0.6) is 0 Å². The molecule has 0 atom stereocenters. The molecule has 0 spiro atoms. The van der Waals surface area contributed by atoms with Gasteiger partial charge >= 0.3 is 0 Å². The number of hydrazone groups is 1. The Balaban J connectivity index is 1.42. The maximum absolute atomic E-state index is 6.25. The number of benzene rings is 3. The molecule has 1 aromatic heterocycles. The van der Waals surface area contributed by atoms with Crippen LogP contribution in [-0.2, 0) is 0 Å². The van der Waals surface area contributed by atoms with Crippen molar-refractivity contribution in [1.82, 2.24) is 4.98 Å². The average molecular weight is 390 g/mol. The second-order valence-electron chi connectivity index (χ2n) is 5.88. The molecule has 0 aliphatic carbocycles. The molecule has 3 nitrogen and oxygen atoms in total. The van der Waals surface area contributed by atoms with Gasteiger partial charge in [-0.25, -0.2) is 4.98 Å². The SMILES string of the molecule is Clc1ccccc1-c1ccc(C=NNc2nc(-c3ccccc3)cs2)cc1. The van der Waals surface area contributed by atoms with E-state index in [9.17, 15) is 0 Å². The minimum Gasteiger partial charge on any atom is -0.253 e. The van der Waals surface area contributed by atoms with Gasteiger partial charge in [0.15, 0.2) is 0 Å². The Kier molecular flexibility index (Phi) is 5.28. The zero-order chi connectivity index (χ0) is 18.5. The van der Waals surface area contributed by atoms with E-state index in [1.54, 1.807) is 6.21 Å². The molecule has 27 heavy (non-hydrogen) atoms. The van der Waals surface area contributed by atoms with Gasteiger partial charge in [-0.3, -0.25) is 5.43 Å². The van der Waals surface area contributed by atoms with Crippen molar-refractivity contribution in [2.45, 2.75) is 0 Å². The summed E-state index contributed by atoms with van der Waals surface area (Å²) in [5.74, 6) is 0. The van der Waals surface area contributed by atoms with Gasteiger partial charge in [-0.15, -0.1) is 11.3 Å². The summed E-state index contributed by atoms with van der Waals surface area (Å²) in [7, 11) is 0. The first kappa shape index (κ1) is 17.5. The molecule has 1 N–H and O–H groups in total. The second kappa shape index (κ2) is 8.16. The number of anilines is 1. The van der Waals surface area contributed by atoms with Crippen molar-refractivity contribution in [2.24, 2.45) is 5.10 Å². The summed E-state index contributed by atoms with van der Waals surface area (Å²) in [5.41, 5.74) is 8.14. The molecule has 0 unspecified atom stereocenters. The van der Waals surface area contributed by atoms with Gasteiger partial charge in [-0.1, -0.05) is 84.4 Å². The minimum atomic E-state index is 0.749. The van der Waals surface area contributed by atoms with Crippen LogP contribution in [0.2, 0.25) is 5.02 Å². The van der Waals surface area contributed by atoms with E-state index in [2.05, 4.69) is 15.5 Å². The minimum absolute atomic E-state index is 0.749. The van der Waals surface area contributed by atoms with Crippen LogP contribution < -0.4 is 5.43 Å². The third kappa shape index (κ3) is 4.25. The zero-order valence-corrected chi connectivity index (χ0v) is 15.9. The predicted molar refractivity (Wildman–Crippen MR) is 116 cm³/mol. The molecule has 1 heterocycles. The van der Waals surface area contributed by atoms with Crippen molar-refractivity contribution in [3.8, 4) is 22.4 Å². The van der Waals surface area contributed by atoms with E-state index in [1.165, 1.54) is 11.3 Å². The number of aromatic nitrogens is 1. The highest BCUT2D eigenvalue weighted by atomic mass is 35.5. The first-order chi connectivity index (χ1) is 13.3. The zero-order valence-electron chi connectivity index (χ0n) is 14.3. The van der Waals surface area contributed by atoms with Crippen LogP contribution in [-0.4, -0.2) is 11.2 Å². The lowest BCUT2D eigenvalue weighted by atomic mass is 10.0. The smallest absolute Gasteiger partial charge is 0.203 e. The van der Waals surface area contributed by atoms with Crippen molar-refractivity contribution < 1.29 is 0 Å². The van der Waals surface area contributed by atoms with Crippen LogP contribution >= 0.6 is 22.9 Å². The summed E-state index contributed by atoms with van der Waals surface area (Å²) in [6.07, 6.45) is 1.78. The maximum atomic E-state index is 6.25. The fraction of sp³-hybridized carbons (Fsp3) is 0. The van der Waals surface area contributed by atoms with Gasteiger partial charge in [0.25, 0.3) is 0 Å². The summed E-state index contributed by atoms with van der Waals surface area (Å²) >= 11 is 7.78. The van der Waals surface area contributed by atoms with Gasteiger partial charge < -0.3 is 0 Å². The summed E-state index contributed by atoms with van der Waals surface area (Å²) in [6.45, 7) is 0. The summed E-state index contributed by atoms with van der Waals surface area (Å²) in [4.78, 5) is 4.55. The monoisotopic (exact) mass is 389 g/mol. The molecule has 0 radical (unpaired) electrons. The number of hydrogen-bond donors (Lipinski definition) is 1. The average Bonchev–Trinajstić information content (AvgIpc) is 3.19. The Labute approximate surface area is 167 Å². The Morgan fingerprint density at radius 3 is 2.37 bits per heavy atom. The molecular weight excluding hydrogens is 374 g/mol. The fourth-order valence-corrected chi connectivity index (χ4v) is 3.59. The Bertz CT molecular complexity index is 1060. The van der Waals surface area contributed by atoms with E-state index < -0.39 is 0 Å². The number of thiazole rings is 1. The van der Waals surface area contributed by atoms with Crippen LogP contribution in [0.4, 0.5) is 5.13 Å². The molecule has 0 saturated carbocycles. The van der Waals surface area contributed by atoms with Crippen molar-refractivity contribution in [3.63, 3.8) is 0 Å². The first-order valence-corrected chi connectivity index (χ1v) is 9.70. The van der Waals surface area contributed by atoms with Gasteiger partial charge in [-0.05, 0) is 17.2 Å². The highest BCUT2D eigenvalue weighted by Crippen LogP contribution is 2.27. The highest BCUT2D eigenvalue weighted by Gasteiger charge is 2.03. The molecule has 0 saturated heterocycles. The predicted octanol–water partition coefficient (Wildman–Crippen LogP) is 6.58. The summed E-state index contributed by atoms with van der Waals surface area (Å²) in [6, 6.07) is 26.0. The molecule has 0 aliphatic rings. The molecule has 5 heteroatoms. The molecule has 3 aromatic carbocycles. The fourth-order valence-electron chi connectivity index (χ4n) is 2.67. The Morgan fingerprint density at radius 2 is 1.59 bits per heavy atom. The largest absolute Gasteiger partial charge is 0.253 e. The van der Waals surface area contributed by atoms with Gasteiger partial charge in [-0.2, -0.15) is 5.10 Å². The van der Waals surface area contributed by atoms with Crippen molar-refractivity contribution in [3.05, 3.63) is 94.8 Å². The first-order valence-electron chi connectivity index (χ1n) is 8.44. The number of halogens is 1. The second-order valence-corrected chi connectivity index (χ2v) is 7.14. The van der Waals surface area contributed by atoms with E-state index in [-0.39, 0.29) is 0 Å². The molecule has 0 amide bonds. The lowest BCUT2D eigenvalue weighted by molar-refractivity contribution is 1.29. The van der Waals surface area contributed by atoms with Crippen LogP contribution in [0.15, 0.2) is 89.3 Å². The van der Waals surface area contributed by atoms with Gasteiger partial charge in [0, 0.05) is 21.5 Å². The maximum Gasteiger partial charge on any atom is 0.203 e.